The van der Waals surface area contributed by atoms with Crippen molar-refractivity contribution in [1.29, 1.82) is 0 Å². The molecule has 3 aromatic rings. The van der Waals surface area contributed by atoms with Gasteiger partial charge in [-0.2, -0.15) is 0 Å². The summed E-state index contributed by atoms with van der Waals surface area (Å²) in [6, 6.07) is 13.6. The number of fused-ring (bicyclic) bond motifs is 4. The second-order valence-corrected chi connectivity index (χ2v) is 7.66. The molecule has 8 heteroatoms. The van der Waals surface area contributed by atoms with E-state index >= 15 is 0 Å². The first-order valence-corrected chi connectivity index (χ1v) is 9.83. The molecule has 2 aliphatic rings. The van der Waals surface area contributed by atoms with Crippen molar-refractivity contribution in [2.45, 2.75) is 18.8 Å². The van der Waals surface area contributed by atoms with Crippen LogP contribution in [0.15, 0.2) is 54.0 Å². The summed E-state index contributed by atoms with van der Waals surface area (Å²) in [6.45, 7) is 1.08. The summed E-state index contributed by atoms with van der Waals surface area (Å²) in [7, 11) is 0. The molecule has 0 aliphatic carbocycles. The van der Waals surface area contributed by atoms with Crippen molar-refractivity contribution in [3.05, 3.63) is 74.8 Å². The van der Waals surface area contributed by atoms with Crippen LogP contribution in [0, 0.1) is 10.1 Å². The number of halogens is 1. The molecule has 1 N–H and O–H groups in total. The van der Waals surface area contributed by atoms with Gasteiger partial charge in [0.05, 0.1) is 16.4 Å². The zero-order valence-corrected chi connectivity index (χ0v) is 16.1. The fraction of sp³-hybridized carbons (Fsp3) is 0.238. The third kappa shape index (κ3) is 2.81. The number of carbonyl (C=O) groups excluding carboxylic acids is 1. The van der Waals surface area contributed by atoms with E-state index in [0.717, 1.165) is 28.1 Å². The standard InChI is InChI=1S/C21H17ClN4O3/c22-20-16(10-13-7-6-12-4-1-2-5-14(12)18(13)24-20)15-11-17(27)25-9-3-8-23-21(25)19(15)26(28)29/h1-2,4-7,10,15,23H,3,8-9,11H2. The van der Waals surface area contributed by atoms with Crippen LogP contribution in [0.5, 0.6) is 0 Å². The minimum absolute atomic E-state index is 0.00197. The summed E-state index contributed by atoms with van der Waals surface area (Å²) < 4.78 is 0. The fourth-order valence-corrected chi connectivity index (χ4v) is 4.57. The van der Waals surface area contributed by atoms with Crippen molar-refractivity contribution < 1.29 is 9.72 Å². The molecule has 1 amide bonds. The van der Waals surface area contributed by atoms with Crippen LogP contribution in [0.4, 0.5) is 0 Å². The van der Waals surface area contributed by atoms with Gasteiger partial charge in [-0.15, -0.1) is 0 Å². The van der Waals surface area contributed by atoms with Crippen LogP contribution >= 0.6 is 11.6 Å². The van der Waals surface area contributed by atoms with Crippen molar-refractivity contribution in [2.75, 3.05) is 13.1 Å². The molecule has 1 fully saturated rings. The third-order valence-electron chi connectivity index (χ3n) is 5.64. The summed E-state index contributed by atoms with van der Waals surface area (Å²) in [6.07, 6.45) is 0.762. The molecular formula is C21H17ClN4O3. The number of benzene rings is 2. The molecule has 1 saturated heterocycles. The maximum Gasteiger partial charge on any atom is 0.294 e. The van der Waals surface area contributed by atoms with Gasteiger partial charge >= 0.3 is 0 Å². The van der Waals surface area contributed by atoms with Gasteiger partial charge in [-0.1, -0.05) is 48.0 Å². The highest BCUT2D eigenvalue weighted by Gasteiger charge is 2.43. The third-order valence-corrected chi connectivity index (χ3v) is 5.94. The van der Waals surface area contributed by atoms with Gasteiger partial charge < -0.3 is 5.32 Å². The molecule has 146 valence electrons. The number of amides is 1. The van der Waals surface area contributed by atoms with E-state index in [-0.39, 0.29) is 29.0 Å². The van der Waals surface area contributed by atoms with Gasteiger partial charge in [0, 0.05) is 35.8 Å². The number of carbonyl (C=O) groups is 1. The van der Waals surface area contributed by atoms with E-state index in [0.29, 0.717) is 18.7 Å². The van der Waals surface area contributed by atoms with Gasteiger partial charge in [-0.25, -0.2) is 4.98 Å². The number of rotatable bonds is 2. The van der Waals surface area contributed by atoms with Gasteiger partial charge in [-0.3, -0.25) is 19.8 Å². The van der Waals surface area contributed by atoms with E-state index in [9.17, 15) is 14.9 Å². The quantitative estimate of drug-likeness (QED) is 0.301. The van der Waals surface area contributed by atoms with Gasteiger partial charge in [0.2, 0.25) is 5.91 Å². The highest BCUT2D eigenvalue weighted by molar-refractivity contribution is 6.31. The predicted octanol–water partition coefficient (Wildman–Crippen LogP) is 3.80. The Morgan fingerprint density at radius 3 is 2.83 bits per heavy atom. The summed E-state index contributed by atoms with van der Waals surface area (Å²) in [4.78, 5) is 30.3. The molecule has 29 heavy (non-hydrogen) atoms. The van der Waals surface area contributed by atoms with E-state index in [1.54, 1.807) is 0 Å². The topological polar surface area (TPSA) is 88.4 Å². The number of allylic oxidation sites excluding steroid dienone is 1. The molecule has 2 aliphatic heterocycles. The molecule has 0 bridgehead atoms. The van der Waals surface area contributed by atoms with Gasteiger partial charge in [0.25, 0.3) is 5.70 Å². The van der Waals surface area contributed by atoms with Crippen LogP contribution in [0.3, 0.4) is 0 Å². The zero-order valence-electron chi connectivity index (χ0n) is 15.4. The fourth-order valence-electron chi connectivity index (χ4n) is 4.29. The van der Waals surface area contributed by atoms with Gasteiger partial charge in [0.1, 0.15) is 5.15 Å². The number of pyridine rings is 1. The highest BCUT2D eigenvalue weighted by Crippen LogP contribution is 2.40. The van der Waals surface area contributed by atoms with E-state index in [4.69, 9.17) is 11.6 Å². The Labute approximate surface area is 171 Å². The first-order valence-electron chi connectivity index (χ1n) is 9.45. The van der Waals surface area contributed by atoms with Crippen molar-refractivity contribution in [1.82, 2.24) is 15.2 Å². The number of nitro groups is 1. The molecule has 3 heterocycles. The average Bonchev–Trinajstić information content (AvgIpc) is 2.73. The van der Waals surface area contributed by atoms with E-state index in [1.165, 1.54) is 4.90 Å². The number of hydrogen-bond donors (Lipinski definition) is 1. The summed E-state index contributed by atoms with van der Waals surface area (Å²) >= 11 is 6.53. The monoisotopic (exact) mass is 408 g/mol. The molecule has 1 atom stereocenters. The predicted molar refractivity (Wildman–Crippen MR) is 110 cm³/mol. The highest BCUT2D eigenvalue weighted by atomic mass is 35.5. The Morgan fingerprint density at radius 1 is 1.21 bits per heavy atom. The molecule has 2 aromatic carbocycles. The van der Waals surface area contributed by atoms with Gasteiger partial charge in [-0.05, 0) is 17.9 Å². The molecule has 7 nitrogen and oxygen atoms in total. The molecule has 1 aromatic heterocycles. The number of hydrogen-bond acceptors (Lipinski definition) is 5. The summed E-state index contributed by atoms with van der Waals surface area (Å²) in [5, 5.41) is 18.0. The van der Waals surface area contributed by atoms with Crippen molar-refractivity contribution in [3.8, 4) is 0 Å². The van der Waals surface area contributed by atoms with E-state index in [2.05, 4.69) is 10.3 Å². The maximum absolute atomic E-state index is 12.7. The van der Waals surface area contributed by atoms with Crippen molar-refractivity contribution in [2.24, 2.45) is 0 Å². The lowest BCUT2D eigenvalue weighted by atomic mass is 9.88. The SMILES string of the molecule is O=C1CC(c2cc3ccc4ccccc4c3nc2Cl)C([N+](=O)[O-])=C2NCCCN12. The molecular weight excluding hydrogens is 392 g/mol. The summed E-state index contributed by atoms with van der Waals surface area (Å²) in [5.74, 6) is -0.597. The Bertz CT molecular complexity index is 1220. The minimum Gasteiger partial charge on any atom is -0.366 e. The Morgan fingerprint density at radius 2 is 2.00 bits per heavy atom. The normalized spacial score (nSPS) is 19.4. The zero-order chi connectivity index (χ0) is 20.1. The second kappa shape index (κ2) is 6.70. The molecule has 5 rings (SSSR count). The molecule has 0 spiro atoms. The van der Waals surface area contributed by atoms with Crippen molar-refractivity contribution >= 4 is 39.2 Å². The van der Waals surface area contributed by atoms with E-state index < -0.39 is 10.8 Å². The van der Waals surface area contributed by atoms with Gasteiger partial charge in [0.15, 0.2) is 5.82 Å². The summed E-state index contributed by atoms with van der Waals surface area (Å²) in [5.41, 5.74) is 1.23. The molecule has 0 saturated carbocycles. The number of nitrogens with one attached hydrogen (secondary N) is 1. The Balaban J connectivity index is 1.71. The number of nitrogens with zero attached hydrogens (tertiary/aromatic N) is 3. The Kier molecular flexibility index (Phi) is 4.13. The van der Waals surface area contributed by atoms with Crippen LogP contribution in [0.2, 0.25) is 5.15 Å². The van der Waals surface area contributed by atoms with Crippen LogP contribution in [0.1, 0.15) is 24.3 Å². The largest absolute Gasteiger partial charge is 0.366 e. The van der Waals surface area contributed by atoms with E-state index in [1.807, 2.05) is 42.5 Å². The average molecular weight is 409 g/mol. The molecule has 0 radical (unpaired) electrons. The van der Waals surface area contributed by atoms with Crippen molar-refractivity contribution in [3.63, 3.8) is 0 Å². The second-order valence-electron chi connectivity index (χ2n) is 7.30. The van der Waals surface area contributed by atoms with Crippen LogP contribution < -0.4 is 5.32 Å². The smallest absolute Gasteiger partial charge is 0.294 e. The Hall–Kier alpha value is -3.19. The maximum atomic E-state index is 12.7. The molecule has 1 unspecified atom stereocenters. The first kappa shape index (κ1) is 17.9. The lowest BCUT2D eigenvalue weighted by Gasteiger charge is -2.35. The van der Waals surface area contributed by atoms with Crippen LogP contribution in [-0.2, 0) is 4.79 Å². The lowest BCUT2D eigenvalue weighted by Crippen LogP contribution is -2.48. The minimum atomic E-state index is -0.745. The van der Waals surface area contributed by atoms with Crippen LogP contribution in [-0.4, -0.2) is 33.8 Å². The first-order chi connectivity index (χ1) is 14.0. The lowest BCUT2D eigenvalue weighted by molar-refractivity contribution is -0.433. The van der Waals surface area contributed by atoms with Crippen LogP contribution in [0.25, 0.3) is 21.7 Å². The number of aromatic nitrogens is 1.